The van der Waals surface area contributed by atoms with E-state index in [0.29, 0.717) is 19.4 Å². The van der Waals surface area contributed by atoms with Crippen molar-refractivity contribution in [3.8, 4) is 0 Å². The Morgan fingerprint density at radius 1 is 1.55 bits per heavy atom. The molecule has 0 aromatic heterocycles. The Hall–Kier alpha value is -2.17. The first-order valence-corrected chi connectivity index (χ1v) is 6.53. The zero-order chi connectivity index (χ0) is 14.7. The Bertz CT molecular complexity index is 557. The van der Waals surface area contributed by atoms with Crippen LogP contribution in [0.3, 0.4) is 0 Å². The average molecular weight is 276 g/mol. The highest BCUT2D eigenvalue weighted by molar-refractivity contribution is 6.01. The lowest BCUT2D eigenvalue weighted by molar-refractivity contribution is -0.126. The largest absolute Gasteiger partial charge is 0.341 e. The van der Waals surface area contributed by atoms with Gasteiger partial charge in [-0.15, -0.1) is 0 Å². The number of amides is 2. The molecule has 106 valence electrons. The molecule has 20 heavy (non-hydrogen) atoms. The number of aryl methyl sites for hydroxylation is 1. The zero-order valence-electron chi connectivity index (χ0n) is 11.4. The van der Waals surface area contributed by atoms with Gasteiger partial charge >= 0.3 is 0 Å². The maximum atomic E-state index is 13.9. The van der Waals surface area contributed by atoms with Crippen LogP contribution in [0.2, 0.25) is 0 Å². The molecule has 1 aromatic rings. The molecule has 0 spiro atoms. The van der Waals surface area contributed by atoms with Crippen LogP contribution in [0.4, 0.5) is 10.1 Å². The second-order valence-corrected chi connectivity index (χ2v) is 4.85. The highest BCUT2D eigenvalue weighted by Gasteiger charge is 2.31. The molecule has 1 heterocycles. The summed E-state index contributed by atoms with van der Waals surface area (Å²) in [6.07, 6.45) is 2.39. The molecule has 1 saturated heterocycles. The number of nitrogens with one attached hydrogen (secondary N) is 1. The van der Waals surface area contributed by atoms with Gasteiger partial charge in [-0.2, -0.15) is 0 Å². The van der Waals surface area contributed by atoms with Crippen LogP contribution in [0.1, 0.15) is 18.4 Å². The van der Waals surface area contributed by atoms with Crippen molar-refractivity contribution in [2.24, 2.45) is 0 Å². The van der Waals surface area contributed by atoms with E-state index in [4.69, 9.17) is 0 Å². The number of piperidine rings is 1. The number of carbonyl (C=O) groups is 2. The Labute approximate surface area is 117 Å². The third-order valence-corrected chi connectivity index (χ3v) is 3.33. The molecule has 0 saturated carbocycles. The molecule has 0 radical (unpaired) electrons. The van der Waals surface area contributed by atoms with Crippen molar-refractivity contribution in [3.05, 3.63) is 42.2 Å². The normalized spacial score (nSPS) is 18.8. The standard InChI is InChI=1S/C15H17FN2O2/c1-3-14(19)17-12-5-4-8-18(15(12)20)13-9-10(2)6-7-11(13)16/h3,6-7,9,12H,1,4-5,8H2,2H3,(H,17,19). The number of halogens is 1. The first-order valence-electron chi connectivity index (χ1n) is 6.53. The predicted molar refractivity (Wildman–Crippen MR) is 74.9 cm³/mol. The molecule has 1 unspecified atom stereocenters. The summed E-state index contributed by atoms with van der Waals surface area (Å²) in [7, 11) is 0. The minimum absolute atomic E-state index is 0.271. The van der Waals surface area contributed by atoms with Gasteiger partial charge in [0, 0.05) is 6.54 Å². The Morgan fingerprint density at radius 3 is 3.00 bits per heavy atom. The third kappa shape index (κ3) is 2.87. The van der Waals surface area contributed by atoms with E-state index in [1.165, 1.54) is 11.0 Å². The van der Waals surface area contributed by atoms with Crippen LogP contribution >= 0.6 is 0 Å². The van der Waals surface area contributed by atoms with Crippen molar-refractivity contribution < 1.29 is 14.0 Å². The Balaban J connectivity index is 2.23. The van der Waals surface area contributed by atoms with Gasteiger partial charge in [0.1, 0.15) is 11.9 Å². The molecule has 4 nitrogen and oxygen atoms in total. The summed E-state index contributed by atoms with van der Waals surface area (Å²) in [6, 6.07) is 4.04. The van der Waals surface area contributed by atoms with Crippen molar-refractivity contribution in [1.29, 1.82) is 0 Å². The van der Waals surface area contributed by atoms with Gasteiger partial charge in [0.15, 0.2) is 0 Å². The van der Waals surface area contributed by atoms with Gasteiger partial charge in [0.2, 0.25) is 11.8 Å². The molecule has 1 atom stereocenters. The smallest absolute Gasteiger partial charge is 0.249 e. The number of hydrogen-bond donors (Lipinski definition) is 1. The maximum absolute atomic E-state index is 13.9. The fraction of sp³-hybridized carbons (Fsp3) is 0.333. The van der Waals surface area contributed by atoms with E-state index in [9.17, 15) is 14.0 Å². The number of benzene rings is 1. The Kier molecular flexibility index (Phi) is 4.17. The average Bonchev–Trinajstić information content (AvgIpc) is 2.44. The van der Waals surface area contributed by atoms with Crippen LogP contribution in [0, 0.1) is 12.7 Å². The number of nitrogens with zero attached hydrogens (tertiary/aromatic N) is 1. The summed E-state index contributed by atoms with van der Waals surface area (Å²) >= 11 is 0. The molecule has 1 fully saturated rings. The van der Waals surface area contributed by atoms with E-state index < -0.39 is 17.8 Å². The molecule has 1 aliphatic heterocycles. The van der Waals surface area contributed by atoms with E-state index in [-0.39, 0.29) is 11.6 Å². The quantitative estimate of drug-likeness (QED) is 0.858. The van der Waals surface area contributed by atoms with Crippen molar-refractivity contribution in [1.82, 2.24) is 5.32 Å². The van der Waals surface area contributed by atoms with E-state index in [1.807, 2.05) is 6.92 Å². The SMILES string of the molecule is C=CC(=O)NC1CCCN(c2cc(C)ccc2F)C1=O. The lowest BCUT2D eigenvalue weighted by atomic mass is 10.0. The van der Waals surface area contributed by atoms with E-state index >= 15 is 0 Å². The molecule has 5 heteroatoms. The Morgan fingerprint density at radius 2 is 2.30 bits per heavy atom. The number of rotatable bonds is 3. The zero-order valence-corrected chi connectivity index (χ0v) is 11.4. The topological polar surface area (TPSA) is 49.4 Å². The number of hydrogen-bond acceptors (Lipinski definition) is 2. The lowest BCUT2D eigenvalue weighted by Crippen LogP contribution is -2.52. The fourth-order valence-corrected chi connectivity index (χ4v) is 2.31. The van der Waals surface area contributed by atoms with Gasteiger partial charge in [-0.25, -0.2) is 4.39 Å². The molecule has 0 bridgehead atoms. The molecular formula is C15H17FN2O2. The van der Waals surface area contributed by atoms with Crippen molar-refractivity contribution in [2.75, 3.05) is 11.4 Å². The van der Waals surface area contributed by atoms with Crippen LogP contribution < -0.4 is 10.2 Å². The predicted octanol–water partition coefficient (Wildman–Crippen LogP) is 1.93. The summed E-state index contributed by atoms with van der Waals surface area (Å²) in [6.45, 7) is 5.66. The van der Waals surface area contributed by atoms with Gasteiger partial charge < -0.3 is 10.2 Å². The molecule has 2 amide bonds. The van der Waals surface area contributed by atoms with Gasteiger partial charge in [0.05, 0.1) is 5.69 Å². The molecule has 0 aliphatic carbocycles. The fourth-order valence-electron chi connectivity index (χ4n) is 2.31. The van der Waals surface area contributed by atoms with E-state index in [2.05, 4.69) is 11.9 Å². The molecule has 1 N–H and O–H groups in total. The van der Waals surface area contributed by atoms with Gasteiger partial charge in [-0.3, -0.25) is 9.59 Å². The highest BCUT2D eigenvalue weighted by atomic mass is 19.1. The summed E-state index contributed by atoms with van der Waals surface area (Å²) in [5.74, 6) is -1.11. The minimum atomic E-state index is -0.617. The summed E-state index contributed by atoms with van der Waals surface area (Å²) in [5.41, 5.74) is 1.15. The third-order valence-electron chi connectivity index (χ3n) is 3.33. The van der Waals surface area contributed by atoms with Crippen molar-refractivity contribution in [2.45, 2.75) is 25.8 Å². The van der Waals surface area contributed by atoms with Crippen LogP contribution in [0.15, 0.2) is 30.9 Å². The van der Waals surface area contributed by atoms with Crippen molar-refractivity contribution in [3.63, 3.8) is 0 Å². The number of carbonyl (C=O) groups excluding carboxylic acids is 2. The monoisotopic (exact) mass is 276 g/mol. The summed E-state index contributed by atoms with van der Waals surface area (Å²) < 4.78 is 13.9. The first kappa shape index (κ1) is 14.2. The molecule has 2 rings (SSSR count). The molecular weight excluding hydrogens is 259 g/mol. The summed E-state index contributed by atoms with van der Waals surface area (Å²) in [4.78, 5) is 25.1. The van der Waals surface area contributed by atoms with Crippen molar-refractivity contribution >= 4 is 17.5 Å². The highest BCUT2D eigenvalue weighted by Crippen LogP contribution is 2.25. The second-order valence-electron chi connectivity index (χ2n) is 4.85. The first-order chi connectivity index (χ1) is 9.52. The number of anilines is 1. The van der Waals surface area contributed by atoms with E-state index in [1.54, 1.807) is 12.1 Å². The van der Waals surface area contributed by atoms with Crippen LogP contribution in [0.5, 0.6) is 0 Å². The maximum Gasteiger partial charge on any atom is 0.249 e. The minimum Gasteiger partial charge on any atom is -0.341 e. The molecule has 1 aliphatic rings. The van der Waals surface area contributed by atoms with Gasteiger partial charge in [-0.05, 0) is 43.5 Å². The van der Waals surface area contributed by atoms with Crippen LogP contribution in [0.25, 0.3) is 0 Å². The van der Waals surface area contributed by atoms with E-state index in [0.717, 1.165) is 11.6 Å². The van der Waals surface area contributed by atoms with Crippen LogP contribution in [-0.4, -0.2) is 24.4 Å². The molecule has 1 aromatic carbocycles. The lowest BCUT2D eigenvalue weighted by Gasteiger charge is -2.32. The van der Waals surface area contributed by atoms with Gasteiger partial charge in [0.25, 0.3) is 0 Å². The second kappa shape index (κ2) is 5.86. The van der Waals surface area contributed by atoms with Gasteiger partial charge in [-0.1, -0.05) is 12.6 Å². The van der Waals surface area contributed by atoms with Crippen LogP contribution in [-0.2, 0) is 9.59 Å². The summed E-state index contributed by atoms with van der Waals surface area (Å²) in [5, 5.41) is 2.58.